The monoisotopic (exact) mass is 435 g/mol. The molecule has 162 valence electrons. The highest BCUT2D eigenvalue weighted by Crippen LogP contribution is 2.47. The normalized spacial score (nSPS) is 15.1. The average Bonchev–Trinajstić information content (AvgIpc) is 2.85. The van der Waals surface area contributed by atoms with Gasteiger partial charge in [-0.3, -0.25) is 4.79 Å². The van der Waals surface area contributed by atoms with Gasteiger partial charge in [0, 0.05) is 23.1 Å². The van der Waals surface area contributed by atoms with Crippen LogP contribution in [0.15, 0.2) is 16.9 Å². The molecule has 8 heteroatoms. The van der Waals surface area contributed by atoms with Crippen LogP contribution >= 0.6 is 11.6 Å². The summed E-state index contributed by atoms with van der Waals surface area (Å²) >= 11 is 6.43. The molecule has 0 spiro atoms. The number of aromatic amines is 1. The minimum Gasteiger partial charge on any atom is -0.506 e. The molecule has 2 aromatic rings. The van der Waals surface area contributed by atoms with Gasteiger partial charge in [0.15, 0.2) is 5.56 Å². The summed E-state index contributed by atoms with van der Waals surface area (Å²) in [7, 11) is 1.16. The molecule has 1 atom stereocenters. The number of hydrogen-bond donors (Lipinski definition) is 2. The van der Waals surface area contributed by atoms with Crippen molar-refractivity contribution in [1.29, 1.82) is 0 Å². The predicted molar refractivity (Wildman–Crippen MR) is 114 cm³/mol. The first-order chi connectivity index (χ1) is 14.3. The van der Waals surface area contributed by atoms with Crippen LogP contribution in [0.1, 0.15) is 55.5 Å². The zero-order valence-electron chi connectivity index (χ0n) is 17.5. The zero-order valence-corrected chi connectivity index (χ0v) is 18.3. The molecular weight excluding hydrogens is 410 g/mol. The molecule has 0 bridgehead atoms. The van der Waals surface area contributed by atoms with Crippen molar-refractivity contribution in [1.82, 2.24) is 4.98 Å². The van der Waals surface area contributed by atoms with E-state index in [9.17, 15) is 14.7 Å². The van der Waals surface area contributed by atoms with Crippen LogP contribution in [-0.4, -0.2) is 36.4 Å². The number of rotatable bonds is 6. The number of fused-ring (bicyclic) bond motifs is 3. The molecule has 30 heavy (non-hydrogen) atoms. The number of hydrogen-bond acceptors (Lipinski definition) is 6. The maximum Gasteiger partial charge on any atom is 0.347 e. The van der Waals surface area contributed by atoms with Crippen molar-refractivity contribution in [2.75, 3.05) is 20.3 Å². The SMILES string of the molecule is CCCCOc1cc2c(cc1Cl)-c1[nH]c(=O)c(C(=O)OC)c(O)c1[C@H](C(C)C)CO2. The summed E-state index contributed by atoms with van der Waals surface area (Å²) in [5.74, 6) is -0.549. The summed E-state index contributed by atoms with van der Waals surface area (Å²) in [6.45, 7) is 6.79. The second kappa shape index (κ2) is 9.00. The van der Waals surface area contributed by atoms with Gasteiger partial charge in [0.25, 0.3) is 5.56 Å². The number of esters is 1. The van der Waals surface area contributed by atoms with Crippen molar-refractivity contribution >= 4 is 17.6 Å². The minimum absolute atomic E-state index is 0.0520. The summed E-state index contributed by atoms with van der Waals surface area (Å²) in [6.07, 6.45) is 1.88. The Balaban J connectivity index is 2.23. The van der Waals surface area contributed by atoms with Crippen LogP contribution < -0.4 is 15.0 Å². The van der Waals surface area contributed by atoms with Gasteiger partial charge in [-0.25, -0.2) is 4.79 Å². The molecule has 2 N–H and O–H groups in total. The van der Waals surface area contributed by atoms with Crippen molar-refractivity contribution in [3.05, 3.63) is 38.6 Å². The number of aromatic hydroxyl groups is 1. The molecule has 1 aromatic heterocycles. The van der Waals surface area contributed by atoms with Crippen molar-refractivity contribution in [3.8, 4) is 28.5 Å². The lowest BCUT2D eigenvalue weighted by molar-refractivity contribution is 0.0595. The Morgan fingerprint density at radius 2 is 2.13 bits per heavy atom. The highest BCUT2D eigenvalue weighted by molar-refractivity contribution is 6.32. The second-order valence-electron chi connectivity index (χ2n) is 7.60. The van der Waals surface area contributed by atoms with E-state index in [4.69, 9.17) is 21.1 Å². The van der Waals surface area contributed by atoms with Crippen LogP contribution in [0.2, 0.25) is 5.02 Å². The fraction of sp³-hybridized carbons (Fsp3) is 0.455. The van der Waals surface area contributed by atoms with Crippen LogP contribution in [0.5, 0.6) is 17.2 Å². The number of benzene rings is 1. The van der Waals surface area contributed by atoms with E-state index in [2.05, 4.69) is 16.6 Å². The van der Waals surface area contributed by atoms with E-state index in [1.54, 1.807) is 12.1 Å². The second-order valence-corrected chi connectivity index (χ2v) is 8.01. The van der Waals surface area contributed by atoms with E-state index < -0.39 is 22.8 Å². The minimum atomic E-state index is -0.901. The van der Waals surface area contributed by atoms with Crippen molar-refractivity contribution in [2.45, 2.75) is 39.5 Å². The Morgan fingerprint density at radius 1 is 1.40 bits per heavy atom. The zero-order chi connectivity index (χ0) is 22.0. The Hall–Kier alpha value is -2.67. The first-order valence-corrected chi connectivity index (χ1v) is 10.3. The lowest BCUT2D eigenvalue weighted by atomic mass is 9.85. The van der Waals surface area contributed by atoms with Crippen LogP contribution in [0, 0.1) is 5.92 Å². The van der Waals surface area contributed by atoms with Crippen molar-refractivity contribution < 1.29 is 24.1 Å². The van der Waals surface area contributed by atoms with Gasteiger partial charge in [-0.05, 0) is 18.4 Å². The van der Waals surface area contributed by atoms with Gasteiger partial charge >= 0.3 is 5.97 Å². The highest BCUT2D eigenvalue weighted by Gasteiger charge is 2.34. The van der Waals surface area contributed by atoms with E-state index in [0.29, 0.717) is 39.9 Å². The van der Waals surface area contributed by atoms with E-state index in [0.717, 1.165) is 20.0 Å². The fourth-order valence-electron chi connectivity index (χ4n) is 3.54. The summed E-state index contributed by atoms with van der Waals surface area (Å²) in [6, 6.07) is 3.34. The third-order valence-electron chi connectivity index (χ3n) is 5.27. The summed E-state index contributed by atoms with van der Waals surface area (Å²) in [5.41, 5.74) is 0.159. The number of unbranched alkanes of at least 4 members (excludes halogenated alkanes) is 1. The van der Waals surface area contributed by atoms with Gasteiger partial charge in [-0.2, -0.15) is 0 Å². The summed E-state index contributed by atoms with van der Waals surface area (Å²) in [5, 5.41) is 11.3. The van der Waals surface area contributed by atoms with Gasteiger partial charge < -0.3 is 24.3 Å². The molecule has 1 aliphatic heterocycles. The van der Waals surface area contributed by atoms with E-state index >= 15 is 0 Å². The lowest BCUT2D eigenvalue weighted by Crippen LogP contribution is -2.23. The van der Waals surface area contributed by atoms with Crippen LogP contribution in [0.3, 0.4) is 0 Å². The Kier molecular flexibility index (Phi) is 6.61. The van der Waals surface area contributed by atoms with E-state index in [-0.39, 0.29) is 18.4 Å². The number of carbonyl (C=O) groups is 1. The number of nitrogens with one attached hydrogen (secondary N) is 1. The smallest absolute Gasteiger partial charge is 0.347 e. The molecule has 1 aliphatic rings. The molecule has 3 rings (SSSR count). The number of methoxy groups -OCH3 is 1. The van der Waals surface area contributed by atoms with Crippen LogP contribution in [0.4, 0.5) is 0 Å². The van der Waals surface area contributed by atoms with Crippen molar-refractivity contribution in [2.24, 2.45) is 5.92 Å². The maximum absolute atomic E-state index is 12.6. The van der Waals surface area contributed by atoms with Crippen LogP contribution in [-0.2, 0) is 4.74 Å². The largest absolute Gasteiger partial charge is 0.506 e. The number of halogens is 1. The predicted octanol–water partition coefficient (Wildman–Crippen LogP) is 4.50. The number of pyridine rings is 1. The van der Waals surface area contributed by atoms with E-state index in [1.807, 2.05) is 13.8 Å². The number of aromatic nitrogens is 1. The van der Waals surface area contributed by atoms with E-state index in [1.165, 1.54) is 0 Å². The standard InChI is InChI=1S/C22H26ClNO6/c1-5-6-7-29-16-9-15-12(8-14(16)23)19-17(13(10-30-15)11(2)3)20(25)18(21(26)24-19)22(27)28-4/h8-9,11,13H,5-7,10H2,1-4H3,(H2,24,25,26)/t13-/m0/s1. The quantitative estimate of drug-likeness (QED) is 0.512. The Morgan fingerprint density at radius 3 is 2.77 bits per heavy atom. The van der Waals surface area contributed by atoms with Crippen molar-refractivity contribution in [3.63, 3.8) is 0 Å². The summed E-state index contributed by atoms with van der Waals surface area (Å²) in [4.78, 5) is 27.5. The summed E-state index contributed by atoms with van der Waals surface area (Å²) < 4.78 is 16.5. The lowest BCUT2D eigenvalue weighted by Gasteiger charge is -2.22. The topological polar surface area (TPSA) is 97.9 Å². The maximum atomic E-state index is 12.6. The molecule has 0 saturated carbocycles. The first-order valence-electron chi connectivity index (χ1n) is 9.97. The van der Waals surface area contributed by atoms with Gasteiger partial charge in [0.05, 0.1) is 31.0 Å². The van der Waals surface area contributed by atoms with Gasteiger partial charge in [0.2, 0.25) is 0 Å². The average molecular weight is 436 g/mol. The molecule has 0 fully saturated rings. The molecule has 0 saturated heterocycles. The number of carbonyl (C=O) groups excluding carboxylic acids is 1. The third kappa shape index (κ3) is 3.99. The molecule has 1 aromatic carbocycles. The van der Waals surface area contributed by atoms with Crippen LogP contribution in [0.25, 0.3) is 11.3 Å². The molecule has 7 nitrogen and oxygen atoms in total. The molecular formula is C22H26ClNO6. The molecule has 0 aliphatic carbocycles. The van der Waals surface area contributed by atoms with Gasteiger partial charge in [-0.1, -0.05) is 38.8 Å². The van der Waals surface area contributed by atoms with Gasteiger partial charge in [0.1, 0.15) is 17.2 Å². The fourth-order valence-corrected chi connectivity index (χ4v) is 3.76. The molecule has 0 unspecified atom stereocenters. The van der Waals surface area contributed by atoms with Gasteiger partial charge in [-0.15, -0.1) is 0 Å². The molecule has 0 amide bonds. The number of ether oxygens (including phenoxy) is 3. The Labute approximate surface area is 179 Å². The first kappa shape index (κ1) is 22.0. The number of H-pyrrole nitrogens is 1. The molecule has 0 radical (unpaired) electrons. The Bertz CT molecular complexity index is 1010. The molecule has 2 heterocycles. The highest BCUT2D eigenvalue weighted by atomic mass is 35.5. The third-order valence-corrected chi connectivity index (χ3v) is 5.56.